The lowest BCUT2D eigenvalue weighted by atomic mass is 9.82. The van der Waals surface area contributed by atoms with Crippen LogP contribution in [-0.4, -0.2) is 7.25 Å². The van der Waals surface area contributed by atoms with E-state index in [-0.39, 0.29) is 15.9 Å². The Morgan fingerprint density at radius 3 is 1.75 bits per heavy atom. The Bertz CT molecular complexity index is 1990. The zero-order valence-electron chi connectivity index (χ0n) is 22.4. The van der Waals surface area contributed by atoms with E-state index in [0.29, 0.717) is 0 Å². The predicted octanol–water partition coefficient (Wildman–Crippen LogP) is 12.2. The molecule has 0 nitrogen and oxygen atoms in total. The van der Waals surface area contributed by atoms with Gasteiger partial charge in [-0.1, -0.05) is 81.4 Å². The number of hydrogen-bond acceptors (Lipinski definition) is 1. The van der Waals surface area contributed by atoms with Crippen molar-refractivity contribution >= 4 is 80.2 Å². The first-order valence-electron chi connectivity index (χ1n) is 13.2. The Balaban J connectivity index is 0.000000534. The highest BCUT2D eigenvalue weighted by molar-refractivity contribution is 7.53. The van der Waals surface area contributed by atoms with Crippen LogP contribution < -0.4 is 0 Å². The second kappa shape index (κ2) is 9.90. The Morgan fingerprint density at radius 1 is 0.700 bits per heavy atom. The van der Waals surface area contributed by atoms with Gasteiger partial charge in [-0.2, -0.15) is 0 Å². The summed E-state index contributed by atoms with van der Waals surface area (Å²) in [5, 5.41) is 8.15. The Labute approximate surface area is 236 Å². The van der Waals surface area contributed by atoms with Crippen LogP contribution in [0.2, 0.25) is 0 Å². The van der Waals surface area contributed by atoms with Crippen LogP contribution >= 0.6 is 21.8 Å². The molecule has 0 aliphatic heterocycles. The third-order valence-corrected chi connectivity index (χ3v) is 11.5. The first kappa shape index (κ1) is 26.8. The van der Waals surface area contributed by atoms with Crippen molar-refractivity contribution in [1.82, 2.24) is 0 Å². The maximum atomic E-state index is 9.75. The van der Waals surface area contributed by atoms with Crippen molar-refractivity contribution in [2.75, 3.05) is 0 Å². The van der Waals surface area contributed by atoms with Crippen LogP contribution in [0.3, 0.4) is 0 Å². The van der Waals surface area contributed by atoms with Crippen LogP contribution in [0, 0.1) is 0 Å². The van der Waals surface area contributed by atoms with Crippen molar-refractivity contribution in [2.45, 2.75) is 32.6 Å². The topological polar surface area (TPSA) is 0 Å². The van der Waals surface area contributed by atoms with Gasteiger partial charge in [0, 0.05) is 21.2 Å². The second-order valence-corrected chi connectivity index (χ2v) is 13.7. The first-order chi connectivity index (χ1) is 19.0. The highest BCUT2D eigenvalue weighted by atomic mass is 32.2. The van der Waals surface area contributed by atoms with E-state index in [0.717, 1.165) is 6.42 Å². The molecule has 0 spiro atoms. The van der Waals surface area contributed by atoms with E-state index in [4.69, 9.17) is 0 Å². The molecule has 7 heteroatoms. The fourth-order valence-electron chi connectivity index (χ4n) is 5.31. The summed E-state index contributed by atoms with van der Waals surface area (Å²) in [5.74, 6) is 0. The van der Waals surface area contributed by atoms with E-state index in [1.165, 1.54) is 61.6 Å². The van der Waals surface area contributed by atoms with E-state index >= 15 is 0 Å². The number of thiophene rings is 2. The molecule has 2 aromatic heterocycles. The van der Waals surface area contributed by atoms with Gasteiger partial charge in [-0.05, 0) is 69.3 Å². The molecule has 7 aromatic rings. The van der Waals surface area contributed by atoms with Crippen LogP contribution in [0.5, 0.6) is 0 Å². The zero-order chi connectivity index (χ0) is 28.2. The molecule has 0 saturated heterocycles. The highest BCUT2D eigenvalue weighted by Crippen LogP contribution is 2.55. The number of fused-ring (bicyclic) bond motifs is 7. The van der Waals surface area contributed by atoms with Crippen molar-refractivity contribution in [1.29, 1.82) is 0 Å². The van der Waals surface area contributed by atoms with Gasteiger partial charge in [-0.3, -0.25) is 0 Å². The smallest absolute Gasteiger partial charge is 0.418 e. The SMILES string of the molecule is CCC(C)(C)c1ccc(-[s+]2c3cc4ccccc4cc3c3sc4cc5ccccc5cc4c32)cc1.F[B-](F)(F)F. The molecule has 40 heavy (non-hydrogen) atoms. The third kappa shape index (κ3) is 4.86. The fourth-order valence-corrected chi connectivity index (χ4v) is 9.40. The van der Waals surface area contributed by atoms with E-state index in [2.05, 4.69) is 118 Å². The van der Waals surface area contributed by atoms with Crippen molar-refractivity contribution in [3.05, 3.63) is 103 Å². The van der Waals surface area contributed by atoms with Gasteiger partial charge < -0.3 is 17.3 Å². The van der Waals surface area contributed by atoms with Crippen LogP contribution in [0.25, 0.3) is 56.0 Å². The Hall–Kier alpha value is -3.42. The molecule has 0 radical (unpaired) electrons. The summed E-state index contributed by atoms with van der Waals surface area (Å²) >= 11 is 1.97. The van der Waals surface area contributed by atoms with Crippen molar-refractivity contribution in [3.8, 4) is 4.90 Å². The molecule has 202 valence electrons. The molecular formula is C33H27BF4S2. The summed E-state index contributed by atoms with van der Waals surface area (Å²) in [7, 11) is -6.11. The van der Waals surface area contributed by atoms with Crippen molar-refractivity contribution in [2.24, 2.45) is 0 Å². The van der Waals surface area contributed by atoms with Gasteiger partial charge in [0.15, 0.2) is 9.60 Å². The molecule has 7 rings (SSSR count). The molecule has 0 saturated carbocycles. The van der Waals surface area contributed by atoms with Gasteiger partial charge in [0.25, 0.3) is 0 Å². The van der Waals surface area contributed by atoms with Crippen LogP contribution in [0.1, 0.15) is 32.8 Å². The summed E-state index contributed by atoms with van der Waals surface area (Å²) < 4.78 is 44.8. The van der Waals surface area contributed by atoms with E-state index in [1.807, 2.05) is 11.3 Å². The van der Waals surface area contributed by atoms with E-state index < -0.39 is 7.25 Å². The molecule has 2 heterocycles. The average molecular weight is 575 g/mol. The molecule has 0 bridgehead atoms. The van der Waals surface area contributed by atoms with Crippen LogP contribution in [0.4, 0.5) is 17.3 Å². The largest absolute Gasteiger partial charge is 0.673 e. The molecule has 0 fully saturated rings. The Kier molecular flexibility index (Phi) is 6.63. The summed E-state index contributed by atoms with van der Waals surface area (Å²) in [6.45, 7) is 6.97. The van der Waals surface area contributed by atoms with Crippen LogP contribution in [0.15, 0.2) is 97.1 Å². The maximum Gasteiger partial charge on any atom is 0.673 e. The minimum Gasteiger partial charge on any atom is -0.418 e. The molecule has 0 amide bonds. The average Bonchev–Trinajstić information content (AvgIpc) is 3.43. The molecule has 1 unspecified atom stereocenters. The van der Waals surface area contributed by atoms with Gasteiger partial charge in [0.05, 0.1) is 10.8 Å². The Morgan fingerprint density at radius 2 is 1.20 bits per heavy atom. The number of halogens is 4. The molecule has 0 N–H and O–H groups in total. The lowest BCUT2D eigenvalue weighted by Gasteiger charge is -2.22. The molecule has 0 aliphatic carbocycles. The van der Waals surface area contributed by atoms with E-state index in [1.54, 1.807) is 0 Å². The summed E-state index contributed by atoms with van der Waals surface area (Å²) in [5.41, 5.74) is 1.62. The fraction of sp³-hybridized carbons (Fsp3) is 0.152. The third-order valence-electron chi connectivity index (χ3n) is 7.78. The number of benzene rings is 5. The summed E-state index contributed by atoms with van der Waals surface area (Å²) in [6, 6.07) is 36.8. The van der Waals surface area contributed by atoms with E-state index in [9.17, 15) is 17.3 Å². The summed E-state index contributed by atoms with van der Waals surface area (Å²) in [6.07, 6.45) is 1.14. The first-order valence-corrected chi connectivity index (χ1v) is 15.3. The lowest BCUT2D eigenvalue weighted by molar-refractivity contribution is 0.368. The standard InChI is InChI=1S/C33H27S2.BF4/c1-4-33(2,3)25-13-15-26(16-14-25)35-30-20-24-12-8-6-10-22(24)18-28(30)31-32(35)27-17-21-9-5-7-11-23(21)19-29(27)34-31;2-1(3,4)5/h5-20H,4H2,1-3H3;/q+1;-1. The summed E-state index contributed by atoms with van der Waals surface area (Å²) in [4.78, 5) is 1.42. The minimum absolute atomic E-state index is 0.110. The maximum absolute atomic E-state index is 9.75. The number of hydrogen-bond donors (Lipinski definition) is 0. The normalized spacial score (nSPS) is 12.9. The van der Waals surface area contributed by atoms with Crippen LogP contribution in [-0.2, 0) is 5.41 Å². The molecule has 1 atom stereocenters. The van der Waals surface area contributed by atoms with Crippen molar-refractivity contribution < 1.29 is 17.3 Å². The van der Waals surface area contributed by atoms with Gasteiger partial charge in [0.2, 0.25) is 4.70 Å². The second-order valence-electron chi connectivity index (χ2n) is 10.7. The zero-order valence-corrected chi connectivity index (χ0v) is 24.0. The van der Waals surface area contributed by atoms with Gasteiger partial charge in [-0.15, -0.1) is 11.3 Å². The van der Waals surface area contributed by atoms with Crippen molar-refractivity contribution in [3.63, 3.8) is 0 Å². The molecular weight excluding hydrogens is 547 g/mol. The highest BCUT2D eigenvalue weighted by Gasteiger charge is 2.29. The molecule has 5 aromatic carbocycles. The molecule has 0 aliphatic rings. The van der Waals surface area contributed by atoms with Gasteiger partial charge >= 0.3 is 7.25 Å². The lowest BCUT2D eigenvalue weighted by Crippen LogP contribution is -2.14. The monoisotopic (exact) mass is 574 g/mol. The quantitative estimate of drug-likeness (QED) is 0.112. The predicted molar refractivity (Wildman–Crippen MR) is 169 cm³/mol. The van der Waals surface area contributed by atoms with Gasteiger partial charge in [-0.25, -0.2) is 0 Å². The number of rotatable bonds is 3. The minimum atomic E-state index is -6.00. The van der Waals surface area contributed by atoms with Gasteiger partial charge in [0.1, 0.15) is 4.70 Å².